The van der Waals surface area contributed by atoms with Crippen LogP contribution in [0, 0.1) is 6.92 Å². The molecule has 0 radical (unpaired) electrons. The van der Waals surface area contributed by atoms with Crippen LogP contribution in [0.4, 0.5) is 5.69 Å². The monoisotopic (exact) mass is 206 g/mol. The van der Waals surface area contributed by atoms with Gasteiger partial charge in [0.15, 0.2) is 0 Å². The molecule has 0 aliphatic carbocycles. The zero-order chi connectivity index (χ0) is 11.4. The third kappa shape index (κ3) is 2.72. The SMILES string of the molecule is Cc1cccc(C(C)C)c1N(C)CCN. The smallest absolute Gasteiger partial charge is 0.0428 e. The Kier molecular flexibility index (Phi) is 4.15. The van der Waals surface area contributed by atoms with Crippen molar-refractivity contribution in [3.05, 3.63) is 29.3 Å². The lowest BCUT2D eigenvalue weighted by atomic mass is 9.97. The van der Waals surface area contributed by atoms with Crippen LogP contribution in [0.25, 0.3) is 0 Å². The van der Waals surface area contributed by atoms with Crippen molar-refractivity contribution in [2.45, 2.75) is 26.7 Å². The second kappa shape index (κ2) is 5.17. The zero-order valence-electron chi connectivity index (χ0n) is 10.2. The number of nitrogens with zero attached hydrogens (tertiary/aromatic N) is 1. The Hall–Kier alpha value is -1.02. The van der Waals surface area contributed by atoms with Crippen LogP contribution in [0.5, 0.6) is 0 Å². The first kappa shape index (κ1) is 12.1. The summed E-state index contributed by atoms with van der Waals surface area (Å²) in [6.45, 7) is 8.23. The summed E-state index contributed by atoms with van der Waals surface area (Å²) in [6, 6.07) is 6.50. The molecule has 0 saturated heterocycles. The number of rotatable bonds is 4. The molecule has 0 spiro atoms. The molecule has 0 saturated carbocycles. The lowest BCUT2D eigenvalue weighted by Gasteiger charge is -2.25. The number of anilines is 1. The third-order valence-corrected chi connectivity index (χ3v) is 2.74. The van der Waals surface area contributed by atoms with Gasteiger partial charge in [-0.2, -0.15) is 0 Å². The molecule has 0 amide bonds. The van der Waals surface area contributed by atoms with E-state index in [-0.39, 0.29) is 0 Å². The van der Waals surface area contributed by atoms with Gasteiger partial charge in [0.2, 0.25) is 0 Å². The van der Waals surface area contributed by atoms with Crippen LogP contribution >= 0.6 is 0 Å². The molecular formula is C13H22N2. The van der Waals surface area contributed by atoms with Crippen molar-refractivity contribution in [3.8, 4) is 0 Å². The van der Waals surface area contributed by atoms with Gasteiger partial charge >= 0.3 is 0 Å². The van der Waals surface area contributed by atoms with Crippen LogP contribution in [0.3, 0.4) is 0 Å². The summed E-state index contributed by atoms with van der Waals surface area (Å²) in [7, 11) is 2.11. The Balaban J connectivity index is 3.12. The van der Waals surface area contributed by atoms with Crippen molar-refractivity contribution in [2.75, 3.05) is 25.0 Å². The highest BCUT2D eigenvalue weighted by Gasteiger charge is 2.11. The number of nitrogens with two attached hydrogens (primary N) is 1. The Labute approximate surface area is 93.1 Å². The first-order valence-corrected chi connectivity index (χ1v) is 5.58. The van der Waals surface area contributed by atoms with Gasteiger partial charge in [-0.05, 0) is 24.0 Å². The van der Waals surface area contributed by atoms with Crippen molar-refractivity contribution >= 4 is 5.69 Å². The standard InChI is InChI=1S/C13H22N2/c1-10(2)12-7-5-6-11(3)13(12)15(4)9-8-14/h5-7,10H,8-9,14H2,1-4H3. The third-order valence-electron chi connectivity index (χ3n) is 2.74. The van der Waals surface area contributed by atoms with Crippen molar-refractivity contribution < 1.29 is 0 Å². The maximum Gasteiger partial charge on any atom is 0.0428 e. The second-order valence-electron chi connectivity index (χ2n) is 4.38. The minimum absolute atomic E-state index is 0.556. The Morgan fingerprint density at radius 2 is 2.00 bits per heavy atom. The average molecular weight is 206 g/mol. The highest BCUT2D eigenvalue weighted by atomic mass is 15.1. The second-order valence-corrected chi connectivity index (χ2v) is 4.38. The fraction of sp³-hybridized carbons (Fsp3) is 0.538. The Bertz CT molecular complexity index is 318. The summed E-state index contributed by atoms with van der Waals surface area (Å²) in [5.74, 6) is 0.556. The van der Waals surface area contributed by atoms with Crippen LogP contribution in [-0.4, -0.2) is 20.1 Å². The van der Waals surface area contributed by atoms with E-state index in [0.29, 0.717) is 12.5 Å². The van der Waals surface area contributed by atoms with Gasteiger partial charge in [-0.3, -0.25) is 0 Å². The van der Waals surface area contributed by atoms with Gasteiger partial charge in [0.05, 0.1) is 0 Å². The minimum Gasteiger partial charge on any atom is -0.373 e. The highest BCUT2D eigenvalue weighted by Crippen LogP contribution is 2.29. The number of hydrogen-bond donors (Lipinski definition) is 1. The molecule has 0 fully saturated rings. The number of benzene rings is 1. The number of hydrogen-bond acceptors (Lipinski definition) is 2. The predicted octanol–water partition coefficient (Wildman–Crippen LogP) is 2.51. The van der Waals surface area contributed by atoms with E-state index in [1.54, 1.807) is 0 Å². The van der Waals surface area contributed by atoms with E-state index in [1.165, 1.54) is 16.8 Å². The van der Waals surface area contributed by atoms with E-state index in [4.69, 9.17) is 5.73 Å². The molecule has 2 heteroatoms. The zero-order valence-corrected chi connectivity index (χ0v) is 10.2. The lowest BCUT2D eigenvalue weighted by Crippen LogP contribution is -2.26. The van der Waals surface area contributed by atoms with E-state index in [1.807, 2.05) is 0 Å². The summed E-state index contributed by atoms with van der Waals surface area (Å²) >= 11 is 0. The first-order chi connectivity index (χ1) is 7.07. The van der Waals surface area contributed by atoms with E-state index >= 15 is 0 Å². The molecule has 2 N–H and O–H groups in total. The fourth-order valence-electron chi connectivity index (χ4n) is 1.97. The molecule has 84 valence electrons. The summed E-state index contributed by atoms with van der Waals surface area (Å²) in [6.07, 6.45) is 0. The van der Waals surface area contributed by atoms with Crippen molar-refractivity contribution in [3.63, 3.8) is 0 Å². The summed E-state index contributed by atoms with van der Waals surface area (Å²) in [4.78, 5) is 2.25. The largest absolute Gasteiger partial charge is 0.373 e. The molecule has 1 rings (SSSR count). The number of likely N-dealkylation sites (N-methyl/N-ethyl adjacent to an activating group) is 1. The molecule has 0 atom stereocenters. The van der Waals surface area contributed by atoms with Gasteiger partial charge in [-0.15, -0.1) is 0 Å². The topological polar surface area (TPSA) is 29.3 Å². The molecule has 0 aliphatic heterocycles. The summed E-state index contributed by atoms with van der Waals surface area (Å²) < 4.78 is 0. The molecule has 0 unspecified atom stereocenters. The first-order valence-electron chi connectivity index (χ1n) is 5.58. The van der Waals surface area contributed by atoms with Crippen molar-refractivity contribution in [1.82, 2.24) is 0 Å². The van der Waals surface area contributed by atoms with Crippen LogP contribution in [0.1, 0.15) is 30.9 Å². The highest BCUT2D eigenvalue weighted by molar-refractivity contribution is 5.60. The fourth-order valence-corrected chi connectivity index (χ4v) is 1.97. The van der Waals surface area contributed by atoms with E-state index in [2.05, 4.69) is 50.9 Å². The average Bonchev–Trinajstić information content (AvgIpc) is 2.17. The molecule has 1 aromatic rings. The van der Waals surface area contributed by atoms with Gasteiger partial charge in [-0.1, -0.05) is 32.0 Å². The van der Waals surface area contributed by atoms with Crippen LogP contribution in [0.2, 0.25) is 0 Å². The maximum atomic E-state index is 5.60. The molecule has 0 heterocycles. The summed E-state index contributed by atoms with van der Waals surface area (Å²) in [5.41, 5.74) is 9.69. The van der Waals surface area contributed by atoms with Crippen molar-refractivity contribution in [2.24, 2.45) is 5.73 Å². The molecule has 15 heavy (non-hydrogen) atoms. The number of para-hydroxylation sites is 1. The van der Waals surface area contributed by atoms with E-state index in [0.717, 1.165) is 6.54 Å². The van der Waals surface area contributed by atoms with Crippen LogP contribution in [0.15, 0.2) is 18.2 Å². The quantitative estimate of drug-likeness (QED) is 0.820. The van der Waals surface area contributed by atoms with Gasteiger partial charge < -0.3 is 10.6 Å². The van der Waals surface area contributed by atoms with Crippen LogP contribution < -0.4 is 10.6 Å². The van der Waals surface area contributed by atoms with E-state index < -0.39 is 0 Å². The molecule has 2 nitrogen and oxygen atoms in total. The molecular weight excluding hydrogens is 184 g/mol. The Morgan fingerprint density at radius 1 is 1.33 bits per heavy atom. The van der Waals surface area contributed by atoms with Gasteiger partial charge in [0.1, 0.15) is 0 Å². The van der Waals surface area contributed by atoms with Gasteiger partial charge in [0, 0.05) is 25.8 Å². The summed E-state index contributed by atoms with van der Waals surface area (Å²) in [5, 5.41) is 0. The molecule has 0 aliphatic rings. The molecule has 0 bridgehead atoms. The molecule has 0 aromatic heterocycles. The normalized spacial score (nSPS) is 10.8. The van der Waals surface area contributed by atoms with E-state index in [9.17, 15) is 0 Å². The predicted molar refractivity (Wildman–Crippen MR) is 67.6 cm³/mol. The minimum atomic E-state index is 0.556. The number of aryl methyl sites for hydroxylation is 1. The Morgan fingerprint density at radius 3 is 2.53 bits per heavy atom. The van der Waals surface area contributed by atoms with Gasteiger partial charge in [0.25, 0.3) is 0 Å². The van der Waals surface area contributed by atoms with Gasteiger partial charge in [-0.25, -0.2) is 0 Å². The maximum absolute atomic E-state index is 5.60. The van der Waals surface area contributed by atoms with Crippen molar-refractivity contribution in [1.29, 1.82) is 0 Å². The van der Waals surface area contributed by atoms with Crippen LogP contribution in [-0.2, 0) is 0 Å². The lowest BCUT2D eigenvalue weighted by molar-refractivity contribution is 0.827. The molecule has 1 aromatic carbocycles.